The Labute approximate surface area is 123 Å². The van der Waals surface area contributed by atoms with Gasteiger partial charge in [-0.15, -0.1) is 0 Å². The molecule has 2 aromatic heterocycles. The van der Waals surface area contributed by atoms with Crippen molar-refractivity contribution in [2.75, 3.05) is 12.3 Å². The Balaban J connectivity index is 2.17. The van der Waals surface area contributed by atoms with Crippen molar-refractivity contribution >= 4 is 23.5 Å². The van der Waals surface area contributed by atoms with E-state index in [2.05, 4.69) is 15.1 Å². The number of hydrogen-bond acceptors (Lipinski definition) is 9. The van der Waals surface area contributed by atoms with Crippen LogP contribution in [0.2, 0.25) is 0 Å². The third kappa shape index (κ3) is 2.11. The van der Waals surface area contributed by atoms with E-state index < -0.39 is 24.0 Å². The minimum absolute atomic E-state index is 0.0691. The lowest BCUT2D eigenvalue weighted by Gasteiger charge is -2.15. The Kier molecular flexibility index (Phi) is 3.52. The number of fused-ring (bicyclic) bond motifs is 1. The van der Waals surface area contributed by atoms with E-state index in [1.165, 1.54) is 21.8 Å². The van der Waals surface area contributed by atoms with Gasteiger partial charge in [0, 0.05) is 6.42 Å². The first-order chi connectivity index (χ1) is 10.6. The fourth-order valence-electron chi connectivity index (χ4n) is 2.50. The molecule has 0 aliphatic carbocycles. The van der Waals surface area contributed by atoms with Crippen molar-refractivity contribution in [3.05, 3.63) is 16.7 Å². The lowest BCUT2D eigenvalue weighted by Crippen LogP contribution is -2.24. The van der Waals surface area contributed by atoms with Crippen molar-refractivity contribution < 1.29 is 14.9 Å². The molecule has 3 rings (SSSR count). The zero-order valence-electron chi connectivity index (χ0n) is 11.4. The minimum atomic E-state index is -0.824. The predicted molar refractivity (Wildman–Crippen MR) is 75.9 cm³/mol. The second kappa shape index (κ2) is 5.36. The van der Waals surface area contributed by atoms with Crippen LogP contribution in [-0.4, -0.2) is 54.5 Å². The average molecular weight is 309 g/mol. The molecule has 1 aliphatic heterocycles. The maximum atomic E-state index is 11.9. The SMILES string of the molecule is NN=Cn1c(N)nc(=O)c2ncn([C@H]3C[C@H](O)[C@@H](CO)O3)c21. The normalized spacial score (nSPS) is 25.5. The summed E-state index contributed by atoms with van der Waals surface area (Å²) in [6.07, 6.45) is 0.658. The quantitative estimate of drug-likeness (QED) is 0.210. The number of rotatable bonds is 3. The summed E-state index contributed by atoms with van der Waals surface area (Å²) in [5.74, 6) is 5.04. The van der Waals surface area contributed by atoms with Gasteiger partial charge in [-0.3, -0.25) is 13.9 Å². The van der Waals surface area contributed by atoms with Crippen LogP contribution in [0.1, 0.15) is 12.6 Å². The van der Waals surface area contributed by atoms with Crippen LogP contribution in [0.15, 0.2) is 16.2 Å². The van der Waals surface area contributed by atoms with E-state index in [4.69, 9.17) is 21.4 Å². The van der Waals surface area contributed by atoms with Gasteiger partial charge >= 0.3 is 5.56 Å². The molecular formula is C11H15N7O4. The number of nitrogens with zero attached hydrogens (tertiary/aromatic N) is 5. The first kappa shape index (κ1) is 14.4. The van der Waals surface area contributed by atoms with Gasteiger partial charge in [-0.25, -0.2) is 4.98 Å². The summed E-state index contributed by atoms with van der Waals surface area (Å²) in [5.41, 5.74) is 5.49. The van der Waals surface area contributed by atoms with E-state index >= 15 is 0 Å². The number of hydrazone groups is 1. The number of ether oxygens (including phenoxy) is 1. The number of hydrogen-bond donors (Lipinski definition) is 4. The smallest absolute Gasteiger partial charge is 0.302 e. The van der Waals surface area contributed by atoms with Crippen LogP contribution < -0.4 is 17.1 Å². The Morgan fingerprint density at radius 2 is 2.36 bits per heavy atom. The molecule has 6 N–H and O–H groups in total. The minimum Gasteiger partial charge on any atom is -0.394 e. The fourth-order valence-corrected chi connectivity index (χ4v) is 2.50. The molecule has 0 spiro atoms. The van der Waals surface area contributed by atoms with E-state index in [1.54, 1.807) is 0 Å². The van der Waals surface area contributed by atoms with Crippen molar-refractivity contribution in [3.63, 3.8) is 0 Å². The Morgan fingerprint density at radius 1 is 1.59 bits per heavy atom. The molecule has 0 saturated carbocycles. The molecule has 1 fully saturated rings. The average Bonchev–Trinajstić information content (AvgIpc) is 3.07. The number of nitrogen functional groups attached to an aromatic ring is 1. The van der Waals surface area contributed by atoms with Crippen LogP contribution in [-0.2, 0) is 4.74 Å². The van der Waals surface area contributed by atoms with Crippen molar-refractivity contribution in [2.45, 2.75) is 24.9 Å². The zero-order chi connectivity index (χ0) is 15.9. The lowest BCUT2D eigenvalue weighted by molar-refractivity contribution is -0.0432. The monoisotopic (exact) mass is 309 g/mol. The molecular weight excluding hydrogens is 294 g/mol. The third-order valence-electron chi connectivity index (χ3n) is 3.54. The van der Waals surface area contributed by atoms with Crippen LogP contribution in [0, 0.1) is 0 Å². The Morgan fingerprint density at radius 3 is 3.00 bits per heavy atom. The molecule has 0 bridgehead atoms. The maximum Gasteiger partial charge on any atom is 0.302 e. The second-order valence-corrected chi connectivity index (χ2v) is 4.85. The summed E-state index contributed by atoms with van der Waals surface area (Å²) < 4.78 is 8.38. The summed E-state index contributed by atoms with van der Waals surface area (Å²) in [5, 5.41) is 22.4. The number of aliphatic hydroxyl groups is 2. The summed E-state index contributed by atoms with van der Waals surface area (Å²) in [6.45, 7) is -0.314. The van der Waals surface area contributed by atoms with Crippen LogP contribution in [0.4, 0.5) is 5.95 Å². The molecule has 1 aliphatic rings. The summed E-state index contributed by atoms with van der Waals surface area (Å²) in [4.78, 5) is 19.5. The number of aromatic nitrogens is 4. The van der Waals surface area contributed by atoms with Crippen LogP contribution in [0.25, 0.3) is 11.2 Å². The summed E-state index contributed by atoms with van der Waals surface area (Å²) in [6, 6.07) is 0. The van der Waals surface area contributed by atoms with Gasteiger partial charge in [-0.05, 0) is 0 Å². The fraction of sp³-hybridized carbons (Fsp3) is 0.455. The van der Waals surface area contributed by atoms with Crippen LogP contribution >= 0.6 is 0 Å². The van der Waals surface area contributed by atoms with Gasteiger partial charge in [0.1, 0.15) is 18.7 Å². The summed E-state index contributed by atoms with van der Waals surface area (Å²) in [7, 11) is 0. The first-order valence-corrected chi connectivity index (χ1v) is 6.49. The third-order valence-corrected chi connectivity index (χ3v) is 3.54. The highest BCUT2D eigenvalue weighted by molar-refractivity contribution is 5.81. The Bertz CT molecular complexity index is 783. The van der Waals surface area contributed by atoms with Gasteiger partial charge in [-0.2, -0.15) is 10.1 Å². The lowest BCUT2D eigenvalue weighted by atomic mass is 10.2. The van der Waals surface area contributed by atoms with E-state index in [0.717, 1.165) is 0 Å². The molecule has 0 radical (unpaired) electrons. The highest BCUT2D eigenvalue weighted by Crippen LogP contribution is 2.30. The van der Waals surface area contributed by atoms with Gasteiger partial charge in [0.25, 0.3) is 0 Å². The highest BCUT2D eigenvalue weighted by atomic mass is 16.5. The predicted octanol–water partition coefficient (Wildman–Crippen LogP) is -2.43. The van der Waals surface area contributed by atoms with Gasteiger partial charge < -0.3 is 26.5 Å². The van der Waals surface area contributed by atoms with Crippen LogP contribution in [0.5, 0.6) is 0 Å². The molecule has 0 amide bonds. The number of anilines is 1. The molecule has 118 valence electrons. The molecule has 11 nitrogen and oxygen atoms in total. The van der Waals surface area contributed by atoms with Crippen molar-refractivity contribution in [3.8, 4) is 0 Å². The van der Waals surface area contributed by atoms with Gasteiger partial charge in [-0.1, -0.05) is 0 Å². The molecule has 2 aromatic rings. The standard InChI is InChI=1S/C11H15N7O4/c12-11-16-9(21)8-10(18(11)4-15-13)17(3-14-8)7-1-5(20)6(2-19)22-7/h3-7,19-20H,1-2,13H2,(H2,12,16,21)/t5-,6+,7+/m0/s1. The molecule has 0 unspecified atom stereocenters. The topological polar surface area (TPSA) is 167 Å². The van der Waals surface area contributed by atoms with E-state index in [-0.39, 0.29) is 24.5 Å². The largest absolute Gasteiger partial charge is 0.394 e. The van der Waals surface area contributed by atoms with Gasteiger partial charge in [0.05, 0.1) is 19.0 Å². The maximum absolute atomic E-state index is 11.9. The molecule has 11 heteroatoms. The molecule has 3 atom stereocenters. The summed E-state index contributed by atoms with van der Waals surface area (Å²) >= 11 is 0. The van der Waals surface area contributed by atoms with Gasteiger partial charge in [0.15, 0.2) is 11.2 Å². The van der Waals surface area contributed by atoms with Crippen LogP contribution in [0.3, 0.4) is 0 Å². The number of imidazole rings is 1. The van der Waals surface area contributed by atoms with Crippen molar-refractivity contribution in [1.29, 1.82) is 0 Å². The molecule has 1 saturated heterocycles. The first-order valence-electron chi connectivity index (χ1n) is 6.49. The van der Waals surface area contributed by atoms with Gasteiger partial charge in [0.2, 0.25) is 5.95 Å². The molecule has 0 aromatic carbocycles. The van der Waals surface area contributed by atoms with Crippen molar-refractivity contribution in [2.24, 2.45) is 10.9 Å². The molecule has 22 heavy (non-hydrogen) atoms. The van der Waals surface area contributed by atoms with E-state index in [9.17, 15) is 9.90 Å². The molecule has 3 heterocycles. The number of aliphatic hydroxyl groups excluding tert-OH is 2. The van der Waals surface area contributed by atoms with E-state index in [1.807, 2.05) is 0 Å². The van der Waals surface area contributed by atoms with E-state index in [0.29, 0.717) is 5.65 Å². The van der Waals surface area contributed by atoms with Crippen molar-refractivity contribution in [1.82, 2.24) is 19.1 Å². The number of nitrogens with two attached hydrogens (primary N) is 2. The second-order valence-electron chi connectivity index (χ2n) is 4.85. The highest BCUT2D eigenvalue weighted by Gasteiger charge is 2.35. The zero-order valence-corrected chi connectivity index (χ0v) is 11.4. The Hall–Kier alpha value is -2.50.